The van der Waals surface area contributed by atoms with Crippen molar-refractivity contribution in [2.75, 3.05) is 31.8 Å². The molecule has 0 radical (unpaired) electrons. The fraction of sp³-hybridized carbons (Fsp3) is 0.478. The van der Waals surface area contributed by atoms with Crippen LogP contribution in [0.3, 0.4) is 0 Å². The van der Waals surface area contributed by atoms with Crippen LogP contribution in [0.25, 0.3) is 11.1 Å². The molecule has 6 nitrogen and oxygen atoms in total. The van der Waals surface area contributed by atoms with Crippen LogP contribution in [0.4, 0.5) is 5.82 Å². The quantitative estimate of drug-likeness (QED) is 0.407. The number of ether oxygens (including phenoxy) is 2. The number of nitrogens with zero attached hydrogens (tertiary/aromatic N) is 2. The summed E-state index contributed by atoms with van der Waals surface area (Å²) in [6.07, 6.45) is 12.2. The van der Waals surface area contributed by atoms with Crippen LogP contribution >= 0.6 is 0 Å². The monoisotopic (exact) mass is 392 g/mol. The van der Waals surface area contributed by atoms with Gasteiger partial charge in [0.05, 0.1) is 6.20 Å². The third-order valence-electron chi connectivity index (χ3n) is 5.45. The number of hydrogen-bond donors (Lipinski definition) is 2. The van der Waals surface area contributed by atoms with E-state index in [1.165, 1.54) is 18.4 Å². The molecule has 4 rings (SSSR count). The smallest absolute Gasteiger partial charge is 0.189 e. The van der Waals surface area contributed by atoms with Crippen LogP contribution in [0.5, 0.6) is 5.75 Å². The van der Waals surface area contributed by atoms with Gasteiger partial charge in [-0.25, -0.2) is 0 Å². The zero-order valence-corrected chi connectivity index (χ0v) is 16.9. The highest BCUT2D eigenvalue weighted by molar-refractivity contribution is 5.83. The molecule has 2 N–H and O–H groups in total. The van der Waals surface area contributed by atoms with E-state index in [0.717, 1.165) is 48.4 Å². The first-order valence-electron chi connectivity index (χ1n) is 10.4. The van der Waals surface area contributed by atoms with Gasteiger partial charge in [0.1, 0.15) is 5.75 Å². The van der Waals surface area contributed by atoms with Crippen molar-refractivity contribution in [2.45, 2.75) is 44.6 Å². The number of benzene rings is 1. The average molecular weight is 393 g/mol. The van der Waals surface area contributed by atoms with E-state index in [4.69, 9.17) is 15.9 Å². The summed E-state index contributed by atoms with van der Waals surface area (Å²) in [5.74, 6) is 4.75. The molecule has 6 heteroatoms. The van der Waals surface area contributed by atoms with E-state index >= 15 is 0 Å². The van der Waals surface area contributed by atoms with Crippen LogP contribution in [0.15, 0.2) is 24.4 Å². The first-order valence-corrected chi connectivity index (χ1v) is 10.4. The lowest BCUT2D eigenvalue weighted by Gasteiger charge is -2.26. The predicted molar refractivity (Wildman–Crippen MR) is 114 cm³/mol. The molecule has 2 aromatic rings. The van der Waals surface area contributed by atoms with Gasteiger partial charge in [-0.3, -0.25) is 0 Å². The van der Waals surface area contributed by atoms with Crippen LogP contribution < -0.4 is 15.4 Å². The Morgan fingerprint density at radius 1 is 1.31 bits per heavy atom. The van der Waals surface area contributed by atoms with E-state index < -0.39 is 0 Å². The van der Waals surface area contributed by atoms with Crippen LogP contribution in [-0.2, 0) is 4.74 Å². The van der Waals surface area contributed by atoms with Gasteiger partial charge in [0.25, 0.3) is 0 Å². The molecule has 1 saturated heterocycles. The van der Waals surface area contributed by atoms with Crippen molar-refractivity contribution in [1.82, 2.24) is 15.5 Å². The van der Waals surface area contributed by atoms with Gasteiger partial charge >= 0.3 is 0 Å². The van der Waals surface area contributed by atoms with Gasteiger partial charge in [-0.15, -0.1) is 11.5 Å². The summed E-state index contributed by atoms with van der Waals surface area (Å²) >= 11 is 0. The van der Waals surface area contributed by atoms with E-state index in [2.05, 4.69) is 26.8 Å². The Morgan fingerprint density at radius 3 is 2.93 bits per heavy atom. The molecule has 1 saturated carbocycles. The van der Waals surface area contributed by atoms with Gasteiger partial charge < -0.3 is 20.1 Å². The summed E-state index contributed by atoms with van der Waals surface area (Å²) in [7, 11) is 0. The maximum absolute atomic E-state index is 5.97. The van der Waals surface area contributed by atoms with Crippen molar-refractivity contribution in [3.63, 3.8) is 0 Å². The second-order valence-electron chi connectivity index (χ2n) is 7.60. The summed E-state index contributed by atoms with van der Waals surface area (Å²) in [6, 6.07) is 6.22. The highest BCUT2D eigenvalue weighted by Crippen LogP contribution is 2.48. The fourth-order valence-electron chi connectivity index (χ4n) is 3.78. The number of rotatable bonds is 8. The summed E-state index contributed by atoms with van der Waals surface area (Å²) in [4.78, 5) is 0. The molecule has 1 aliphatic heterocycles. The lowest BCUT2D eigenvalue weighted by atomic mass is 9.96. The number of nitrogens with one attached hydrogen (secondary N) is 2. The van der Waals surface area contributed by atoms with E-state index in [9.17, 15) is 0 Å². The molecule has 0 spiro atoms. The zero-order chi connectivity index (χ0) is 20.1. The van der Waals surface area contributed by atoms with E-state index in [1.54, 1.807) is 0 Å². The van der Waals surface area contributed by atoms with Crippen molar-refractivity contribution in [3.05, 3.63) is 35.5 Å². The maximum atomic E-state index is 5.97. The fourth-order valence-corrected chi connectivity index (χ4v) is 3.78. The Hall–Kier alpha value is -2.62. The Balaban J connectivity index is 1.75. The van der Waals surface area contributed by atoms with E-state index in [1.807, 2.05) is 31.3 Å². The van der Waals surface area contributed by atoms with Gasteiger partial charge in [0.15, 0.2) is 12.6 Å². The molecule has 1 atom stereocenters. The van der Waals surface area contributed by atoms with Crippen molar-refractivity contribution in [3.8, 4) is 29.2 Å². The van der Waals surface area contributed by atoms with E-state index in [-0.39, 0.29) is 6.79 Å². The van der Waals surface area contributed by atoms with Crippen LogP contribution in [0, 0.1) is 12.3 Å². The maximum Gasteiger partial charge on any atom is 0.189 e. The Kier molecular flexibility index (Phi) is 6.28. The van der Waals surface area contributed by atoms with Gasteiger partial charge in [-0.05, 0) is 68.8 Å². The van der Waals surface area contributed by atoms with Crippen molar-refractivity contribution >= 4 is 5.82 Å². The topological polar surface area (TPSA) is 68.3 Å². The number of anilines is 1. The Morgan fingerprint density at radius 2 is 2.21 bits per heavy atom. The first kappa shape index (κ1) is 19.7. The highest BCUT2D eigenvalue weighted by atomic mass is 16.7. The molecular weight excluding hydrogens is 364 g/mol. The van der Waals surface area contributed by atoms with Crippen LogP contribution in [-0.4, -0.2) is 42.7 Å². The molecule has 0 unspecified atom stereocenters. The standard InChI is InChI=1S/C23H28N4O2/c1-3-16-7-10-19(21(12-16)29-15-28-4-2)22-20(17-8-9-17)14-25-27-23(22)26-18-6-5-11-24-13-18/h1,7,10,12,14,17-18,24H,4-6,8-9,11,13,15H2,2H3,(H,26,27)/t18-/m1/s1. The number of terminal acetylenes is 1. The molecule has 1 aromatic heterocycles. The number of aromatic nitrogens is 2. The molecule has 0 amide bonds. The number of piperidine rings is 1. The summed E-state index contributed by atoms with van der Waals surface area (Å²) in [5, 5.41) is 15.9. The SMILES string of the molecule is C#Cc1ccc(-c2c(C3CC3)cnnc2N[C@@H]2CCCNC2)c(OCOCC)c1. The molecule has 0 bridgehead atoms. The second kappa shape index (κ2) is 9.25. The zero-order valence-electron chi connectivity index (χ0n) is 16.9. The molecule has 29 heavy (non-hydrogen) atoms. The van der Waals surface area contributed by atoms with Crippen molar-refractivity contribution in [1.29, 1.82) is 0 Å². The highest BCUT2D eigenvalue weighted by Gasteiger charge is 2.30. The molecule has 152 valence electrons. The first-order chi connectivity index (χ1) is 14.3. The van der Waals surface area contributed by atoms with Crippen LogP contribution in [0.1, 0.15) is 49.7 Å². The lowest BCUT2D eigenvalue weighted by molar-refractivity contribution is 0.0227. The third-order valence-corrected chi connectivity index (χ3v) is 5.45. The number of hydrogen-bond acceptors (Lipinski definition) is 6. The molecule has 2 heterocycles. The lowest BCUT2D eigenvalue weighted by Crippen LogP contribution is -2.38. The van der Waals surface area contributed by atoms with E-state index in [0.29, 0.717) is 24.3 Å². The minimum atomic E-state index is 0.185. The largest absolute Gasteiger partial charge is 0.467 e. The minimum Gasteiger partial charge on any atom is -0.467 e. The summed E-state index contributed by atoms with van der Waals surface area (Å²) in [5.41, 5.74) is 4.05. The second-order valence-corrected chi connectivity index (χ2v) is 7.60. The Bertz CT molecular complexity index is 883. The minimum absolute atomic E-state index is 0.185. The van der Waals surface area contributed by atoms with Gasteiger partial charge in [0, 0.05) is 35.9 Å². The predicted octanol–water partition coefficient (Wildman–Crippen LogP) is 3.54. The van der Waals surface area contributed by atoms with Gasteiger partial charge in [-0.1, -0.05) is 5.92 Å². The molecule has 2 aliphatic rings. The van der Waals surface area contributed by atoms with Crippen molar-refractivity contribution < 1.29 is 9.47 Å². The Labute approximate surface area is 172 Å². The average Bonchev–Trinajstić information content (AvgIpc) is 3.60. The summed E-state index contributed by atoms with van der Waals surface area (Å²) in [6.45, 7) is 4.72. The van der Waals surface area contributed by atoms with Crippen molar-refractivity contribution in [2.24, 2.45) is 0 Å². The molecular formula is C23H28N4O2. The van der Waals surface area contributed by atoms with Gasteiger partial charge in [-0.2, -0.15) is 5.10 Å². The third kappa shape index (κ3) is 4.69. The summed E-state index contributed by atoms with van der Waals surface area (Å²) < 4.78 is 11.4. The normalized spacial score (nSPS) is 18.8. The van der Waals surface area contributed by atoms with Gasteiger partial charge in [0.2, 0.25) is 0 Å². The molecule has 1 aromatic carbocycles. The molecule has 1 aliphatic carbocycles. The van der Waals surface area contributed by atoms with Crippen LogP contribution in [0.2, 0.25) is 0 Å². The molecule has 2 fully saturated rings.